The van der Waals surface area contributed by atoms with Crippen LogP contribution in [0.25, 0.3) is 10.9 Å². The van der Waals surface area contributed by atoms with E-state index >= 15 is 0 Å². The highest BCUT2D eigenvalue weighted by Gasteiger charge is 2.28. The number of para-hydroxylation sites is 1. The van der Waals surface area contributed by atoms with Gasteiger partial charge in [0.05, 0.1) is 6.04 Å². The Hall–Kier alpha value is -3.44. The van der Waals surface area contributed by atoms with Gasteiger partial charge >= 0.3 is 0 Å². The molecule has 0 unspecified atom stereocenters. The first-order valence-corrected chi connectivity index (χ1v) is 9.87. The predicted molar refractivity (Wildman–Crippen MR) is 115 cm³/mol. The summed E-state index contributed by atoms with van der Waals surface area (Å²) in [7, 11) is 0. The number of hydrogen-bond donors (Lipinski definition) is 3. The Morgan fingerprint density at radius 2 is 1.83 bits per heavy atom. The first kappa shape index (κ1) is 17.6. The third kappa shape index (κ3) is 3.30. The number of pyridine rings is 1. The number of amides is 1. The van der Waals surface area contributed by atoms with Crippen molar-refractivity contribution in [2.75, 3.05) is 5.32 Å². The van der Waals surface area contributed by atoms with Crippen molar-refractivity contribution in [1.29, 1.82) is 0 Å². The van der Waals surface area contributed by atoms with Gasteiger partial charge in [-0.25, -0.2) is 4.98 Å². The second-order valence-corrected chi connectivity index (χ2v) is 7.56. The van der Waals surface area contributed by atoms with Crippen LogP contribution in [-0.2, 0) is 6.42 Å². The van der Waals surface area contributed by atoms with E-state index in [0.717, 1.165) is 12.0 Å². The molecule has 0 spiro atoms. The molecule has 0 bridgehead atoms. The van der Waals surface area contributed by atoms with Gasteiger partial charge < -0.3 is 15.6 Å². The highest BCUT2D eigenvalue weighted by Crippen LogP contribution is 2.35. The molecule has 1 aliphatic heterocycles. The molecule has 2 aromatic heterocycles. The molecule has 0 aliphatic carbocycles. The minimum atomic E-state index is -0.161. The number of rotatable bonds is 3. The number of anilines is 1. The summed E-state index contributed by atoms with van der Waals surface area (Å²) in [5.41, 5.74) is 5.52. The van der Waals surface area contributed by atoms with Gasteiger partial charge in [-0.1, -0.05) is 36.4 Å². The van der Waals surface area contributed by atoms with Crippen molar-refractivity contribution in [3.8, 4) is 0 Å². The molecule has 5 nitrogen and oxygen atoms in total. The van der Waals surface area contributed by atoms with Crippen LogP contribution in [0.1, 0.15) is 40.1 Å². The van der Waals surface area contributed by atoms with E-state index in [2.05, 4.69) is 51.8 Å². The van der Waals surface area contributed by atoms with E-state index in [4.69, 9.17) is 0 Å². The fourth-order valence-electron chi connectivity index (χ4n) is 4.14. The quantitative estimate of drug-likeness (QED) is 0.491. The van der Waals surface area contributed by atoms with E-state index in [1.54, 1.807) is 12.3 Å². The summed E-state index contributed by atoms with van der Waals surface area (Å²) in [6.07, 6.45) is 2.66. The van der Waals surface area contributed by atoms with Crippen LogP contribution in [0, 0.1) is 0 Å². The van der Waals surface area contributed by atoms with E-state index in [0.29, 0.717) is 17.4 Å². The highest BCUT2D eigenvalue weighted by molar-refractivity contribution is 6.03. The van der Waals surface area contributed by atoms with Crippen LogP contribution in [0.3, 0.4) is 0 Å². The number of benzene rings is 2. The molecule has 0 fully saturated rings. The zero-order chi connectivity index (χ0) is 19.8. The van der Waals surface area contributed by atoms with Gasteiger partial charge in [-0.05, 0) is 54.8 Å². The summed E-state index contributed by atoms with van der Waals surface area (Å²) < 4.78 is 0. The molecule has 2 aromatic carbocycles. The maximum Gasteiger partial charge on any atom is 0.256 e. The van der Waals surface area contributed by atoms with Crippen molar-refractivity contribution in [2.45, 2.75) is 25.4 Å². The molecule has 3 heterocycles. The van der Waals surface area contributed by atoms with Gasteiger partial charge in [0.2, 0.25) is 0 Å². The first-order chi connectivity index (χ1) is 14.2. The van der Waals surface area contributed by atoms with Crippen molar-refractivity contribution in [1.82, 2.24) is 15.3 Å². The number of aromatic amines is 1. The molecule has 2 atom stereocenters. The van der Waals surface area contributed by atoms with Gasteiger partial charge in [0.25, 0.3) is 5.91 Å². The van der Waals surface area contributed by atoms with Gasteiger partial charge in [0.15, 0.2) is 0 Å². The fraction of sp³-hybridized carbons (Fsp3) is 0.167. The molecule has 5 heteroatoms. The average Bonchev–Trinajstić information content (AvgIpc) is 3.12. The molecule has 0 saturated heterocycles. The third-order valence-corrected chi connectivity index (χ3v) is 5.51. The molecule has 1 amide bonds. The molecule has 5 rings (SSSR count). The van der Waals surface area contributed by atoms with E-state index < -0.39 is 0 Å². The number of H-pyrrole nitrogens is 1. The number of carbonyl (C=O) groups excluding carboxylic acids is 1. The fourth-order valence-corrected chi connectivity index (χ4v) is 4.14. The normalized spacial score (nSPS) is 18.4. The van der Waals surface area contributed by atoms with Crippen molar-refractivity contribution in [3.63, 3.8) is 0 Å². The molecule has 29 heavy (non-hydrogen) atoms. The van der Waals surface area contributed by atoms with E-state index in [1.807, 2.05) is 36.4 Å². The molecule has 3 N–H and O–H groups in total. The lowest BCUT2D eigenvalue weighted by Gasteiger charge is -2.30. The largest absolute Gasteiger partial charge is 0.357 e. The van der Waals surface area contributed by atoms with Gasteiger partial charge in [-0.15, -0.1) is 0 Å². The summed E-state index contributed by atoms with van der Waals surface area (Å²) in [6.45, 7) is 2.21. The Morgan fingerprint density at radius 3 is 2.62 bits per heavy atom. The molecule has 1 aliphatic rings. The summed E-state index contributed by atoms with van der Waals surface area (Å²) in [5.74, 6) is 0.388. The van der Waals surface area contributed by atoms with Crippen LogP contribution in [0.4, 0.5) is 5.82 Å². The van der Waals surface area contributed by atoms with Gasteiger partial charge in [0, 0.05) is 34.4 Å². The highest BCUT2D eigenvalue weighted by atomic mass is 16.1. The minimum absolute atomic E-state index is 0.0778. The Balaban J connectivity index is 1.44. The van der Waals surface area contributed by atoms with E-state index in [-0.39, 0.29) is 11.9 Å². The number of hydrogen-bond acceptors (Lipinski definition) is 3. The Morgan fingerprint density at radius 1 is 1.03 bits per heavy atom. The van der Waals surface area contributed by atoms with Gasteiger partial charge in [-0.2, -0.15) is 0 Å². The summed E-state index contributed by atoms with van der Waals surface area (Å²) in [4.78, 5) is 20.2. The van der Waals surface area contributed by atoms with Crippen LogP contribution in [0.15, 0.2) is 72.9 Å². The Kier molecular flexibility index (Phi) is 4.37. The first-order valence-electron chi connectivity index (χ1n) is 9.87. The predicted octanol–water partition coefficient (Wildman–Crippen LogP) is 4.44. The van der Waals surface area contributed by atoms with Crippen molar-refractivity contribution >= 4 is 22.6 Å². The lowest BCUT2D eigenvalue weighted by Crippen LogP contribution is -2.37. The summed E-state index contributed by atoms with van der Waals surface area (Å²) >= 11 is 0. The molecule has 144 valence electrons. The summed E-state index contributed by atoms with van der Waals surface area (Å²) in [6, 6.07) is 22.2. The second-order valence-electron chi connectivity index (χ2n) is 7.56. The Labute approximate surface area is 169 Å². The minimum Gasteiger partial charge on any atom is -0.357 e. The van der Waals surface area contributed by atoms with Crippen molar-refractivity contribution < 1.29 is 4.79 Å². The van der Waals surface area contributed by atoms with Gasteiger partial charge in [0.1, 0.15) is 5.82 Å². The SMILES string of the molecule is C[C@H]1Cc2c([nH]c3ccccc23)[C@@H](c2ccc(C(=O)Nc3ccccn3)cc2)N1. The second kappa shape index (κ2) is 7.18. The molecular formula is C24H22N4O. The third-order valence-electron chi connectivity index (χ3n) is 5.51. The molecule has 0 radical (unpaired) electrons. The van der Waals surface area contributed by atoms with Crippen LogP contribution in [-0.4, -0.2) is 21.9 Å². The lowest BCUT2D eigenvalue weighted by atomic mass is 9.90. The van der Waals surface area contributed by atoms with Gasteiger partial charge in [-0.3, -0.25) is 4.79 Å². The number of aromatic nitrogens is 2. The number of nitrogens with one attached hydrogen (secondary N) is 3. The summed E-state index contributed by atoms with van der Waals surface area (Å²) in [5, 5.41) is 7.82. The van der Waals surface area contributed by atoms with Crippen molar-refractivity contribution in [3.05, 3.63) is 95.3 Å². The Bertz CT molecular complexity index is 1160. The number of carbonyl (C=O) groups is 1. The molecule has 0 saturated carbocycles. The smallest absolute Gasteiger partial charge is 0.256 e. The van der Waals surface area contributed by atoms with Crippen LogP contribution in [0.5, 0.6) is 0 Å². The van der Waals surface area contributed by atoms with Crippen LogP contribution < -0.4 is 10.6 Å². The topological polar surface area (TPSA) is 69.8 Å². The zero-order valence-corrected chi connectivity index (χ0v) is 16.1. The van der Waals surface area contributed by atoms with E-state index in [1.165, 1.54) is 22.2 Å². The van der Waals surface area contributed by atoms with Crippen molar-refractivity contribution in [2.24, 2.45) is 0 Å². The van der Waals surface area contributed by atoms with E-state index in [9.17, 15) is 4.79 Å². The average molecular weight is 382 g/mol. The maximum absolute atomic E-state index is 12.5. The lowest BCUT2D eigenvalue weighted by molar-refractivity contribution is 0.102. The van der Waals surface area contributed by atoms with Crippen LogP contribution in [0.2, 0.25) is 0 Å². The molecule has 4 aromatic rings. The zero-order valence-electron chi connectivity index (χ0n) is 16.1. The number of nitrogens with zero attached hydrogens (tertiary/aromatic N) is 1. The standard InChI is InChI=1S/C24H22N4O/c1-15-14-19-18-6-2-3-7-20(18)27-23(19)22(26-15)16-9-11-17(12-10-16)24(29)28-21-8-4-5-13-25-21/h2-13,15,22,26-27H,14H2,1H3,(H,25,28,29)/t15-,22+/m0/s1. The number of fused-ring (bicyclic) bond motifs is 3. The van der Waals surface area contributed by atoms with Crippen LogP contribution >= 0.6 is 0 Å². The molecular weight excluding hydrogens is 360 g/mol. The maximum atomic E-state index is 12.5. The monoisotopic (exact) mass is 382 g/mol.